The van der Waals surface area contributed by atoms with Gasteiger partial charge in [-0.15, -0.1) is 0 Å². The molecule has 0 radical (unpaired) electrons. The molecule has 0 fully saturated rings. The van der Waals surface area contributed by atoms with E-state index in [0.29, 0.717) is 25.0 Å². The number of hydrogen-bond acceptors (Lipinski definition) is 5. The van der Waals surface area contributed by atoms with Gasteiger partial charge in [-0.2, -0.15) is 0 Å². The zero-order valence-electron chi connectivity index (χ0n) is 15.5. The number of pyridine rings is 1. The lowest BCUT2D eigenvalue weighted by molar-refractivity contribution is 0.235. The van der Waals surface area contributed by atoms with Crippen molar-refractivity contribution in [3.63, 3.8) is 0 Å². The molecule has 130 valence electrons. The van der Waals surface area contributed by atoms with Crippen LogP contribution in [0.1, 0.15) is 52.9 Å². The molecule has 0 spiro atoms. The molecule has 0 saturated heterocycles. The molecule has 2 atom stereocenters. The van der Waals surface area contributed by atoms with E-state index in [4.69, 9.17) is 19.5 Å². The predicted molar refractivity (Wildman–Crippen MR) is 95.7 cm³/mol. The molecule has 2 aliphatic rings. The Bertz CT molecular complexity index is 625. The minimum absolute atomic E-state index is 0.0813. The molecule has 0 saturated carbocycles. The summed E-state index contributed by atoms with van der Waals surface area (Å²) in [5, 5.41) is 0. The molecule has 1 aromatic rings. The van der Waals surface area contributed by atoms with E-state index < -0.39 is 0 Å². The zero-order chi connectivity index (χ0) is 17.5. The smallest absolute Gasteiger partial charge is 0.235 e. The van der Waals surface area contributed by atoms with Crippen molar-refractivity contribution in [2.45, 2.75) is 53.6 Å². The van der Waals surface area contributed by atoms with Gasteiger partial charge in [-0.3, -0.25) is 0 Å². The number of aromatic nitrogens is 1. The molecule has 0 unspecified atom stereocenters. The Kier molecular flexibility index (Phi) is 4.14. The highest BCUT2D eigenvalue weighted by Crippen LogP contribution is 2.28. The molecule has 0 amide bonds. The Balaban J connectivity index is 1.84. The van der Waals surface area contributed by atoms with Gasteiger partial charge in [-0.05, 0) is 23.0 Å². The van der Waals surface area contributed by atoms with Crippen molar-refractivity contribution < 1.29 is 9.47 Å². The van der Waals surface area contributed by atoms with Gasteiger partial charge in [0.25, 0.3) is 0 Å². The first-order chi connectivity index (χ1) is 11.1. The lowest BCUT2D eigenvalue weighted by Crippen LogP contribution is -2.25. The van der Waals surface area contributed by atoms with Crippen molar-refractivity contribution in [2.75, 3.05) is 13.2 Å². The maximum Gasteiger partial charge on any atom is 0.235 e. The lowest BCUT2D eigenvalue weighted by atomic mass is 9.88. The van der Waals surface area contributed by atoms with E-state index in [2.05, 4.69) is 46.5 Å². The van der Waals surface area contributed by atoms with Crippen LogP contribution in [0.3, 0.4) is 0 Å². The van der Waals surface area contributed by atoms with Crippen LogP contribution in [0.25, 0.3) is 0 Å². The average Bonchev–Trinajstić information content (AvgIpc) is 3.16. The first-order valence-electron chi connectivity index (χ1n) is 8.53. The van der Waals surface area contributed by atoms with Gasteiger partial charge in [0.1, 0.15) is 24.6 Å². The molecule has 2 aliphatic heterocycles. The summed E-state index contributed by atoms with van der Waals surface area (Å²) < 4.78 is 11.6. The minimum Gasteiger partial charge on any atom is -0.474 e. The molecule has 0 bridgehead atoms. The summed E-state index contributed by atoms with van der Waals surface area (Å²) in [7, 11) is 0. The maximum absolute atomic E-state index is 5.78. The van der Waals surface area contributed by atoms with E-state index in [-0.39, 0.29) is 22.9 Å². The Labute approximate surface area is 144 Å². The molecule has 24 heavy (non-hydrogen) atoms. The Morgan fingerprint density at radius 2 is 1.21 bits per heavy atom. The van der Waals surface area contributed by atoms with Crippen LogP contribution in [0.15, 0.2) is 28.2 Å². The molecule has 1 aromatic heterocycles. The van der Waals surface area contributed by atoms with Crippen LogP contribution in [-0.4, -0.2) is 42.1 Å². The monoisotopic (exact) mass is 329 g/mol. The van der Waals surface area contributed by atoms with Crippen LogP contribution in [0.4, 0.5) is 0 Å². The van der Waals surface area contributed by atoms with E-state index in [1.807, 2.05) is 18.2 Å². The first-order valence-corrected chi connectivity index (χ1v) is 8.53. The van der Waals surface area contributed by atoms with Crippen LogP contribution in [0.5, 0.6) is 0 Å². The number of ether oxygens (including phenoxy) is 2. The average molecular weight is 329 g/mol. The molecule has 3 heterocycles. The van der Waals surface area contributed by atoms with Crippen LogP contribution >= 0.6 is 0 Å². The summed E-state index contributed by atoms with van der Waals surface area (Å²) in [5.41, 5.74) is 1.64. The third-order valence-electron chi connectivity index (χ3n) is 4.49. The third kappa shape index (κ3) is 3.45. The van der Waals surface area contributed by atoms with Gasteiger partial charge >= 0.3 is 0 Å². The third-order valence-corrected chi connectivity index (χ3v) is 4.49. The van der Waals surface area contributed by atoms with E-state index >= 15 is 0 Å². The fourth-order valence-corrected chi connectivity index (χ4v) is 2.59. The standard InChI is InChI=1S/C19H27N3O2/c1-18(2,3)14-10-23-16(21-14)12-8-7-9-13(20-12)17-22-15(11-24-17)19(4,5)6/h7-9,14-15H,10-11H2,1-6H3/t14-,15+. The van der Waals surface area contributed by atoms with Crippen molar-refractivity contribution in [1.29, 1.82) is 0 Å². The van der Waals surface area contributed by atoms with Gasteiger partial charge in [0.05, 0.1) is 12.1 Å². The maximum atomic E-state index is 5.78. The summed E-state index contributed by atoms with van der Waals surface area (Å²) in [6.45, 7) is 14.2. The second kappa shape index (κ2) is 5.87. The second-order valence-corrected chi connectivity index (χ2v) is 8.66. The van der Waals surface area contributed by atoms with Crippen LogP contribution in [0.2, 0.25) is 0 Å². The fraction of sp³-hybridized carbons (Fsp3) is 0.632. The molecule has 0 N–H and O–H groups in total. The van der Waals surface area contributed by atoms with Crippen molar-refractivity contribution in [1.82, 2.24) is 4.98 Å². The quantitative estimate of drug-likeness (QED) is 0.835. The summed E-state index contributed by atoms with van der Waals surface area (Å²) in [6.07, 6.45) is 0. The van der Waals surface area contributed by atoms with Gasteiger partial charge in [0, 0.05) is 0 Å². The molecular weight excluding hydrogens is 302 g/mol. The zero-order valence-corrected chi connectivity index (χ0v) is 15.5. The molecule has 0 aliphatic carbocycles. The summed E-state index contributed by atoms with van der Waals surface area (Å²) >= 11 is 0. The van der Waals surface area contributed by atoms with Crippen molar-refractivity contribution in [2.24, 2.45) is 20.8 Å². The number of aliphatic imine (C=N–C) groups is 2. The summed E-state index contributed by atoms with van der Waals surface area (Å²) in [5.74, 6) is 1.23. The molecule has 3 rings (SSSR count). The minimum atomic E-state index is 0.0813. The molecule has 5 heteroatoms. The first kappa shape index (κ1) is 16.9. The number of nitrogens with zero attached hydrogens (tertiary/aromatic N) is 3. The highest BCUT2D eigenvalue weighted by molar-refractivity contribution is 5.97. The van der Waals surface area contributed by atoms with Crippen molar-refractivity contribution in [3.8, 4) is 0 Å². The Hall–Kier alpha value is -1.91. The van der Waals surface area contributed by atoms with Crippen LogP contribution in [0, 0.1) is 10.8 Å². The normalized spacial score (nSPS) is 24.2. The highest BCUT2D eigenvalue weighted by Gasteiger charge is 2.33. The predicted octanol–water partition coefficient (Wildman–Crippen LogP) is 3.46. The van der Waals surface area contributed by atoms with E-state index in [9.17, 15) is 0 Å². The topological polar surface area (TPSA) is 56.1 Å². The highest BCUT2D eigenvalue weighted by atomic mass is 16.5. The van der Waals surface area contributed by atoms with Gasteiger partial charge in [0.15, 0.2) is 0 Å². The van der Waals surface area contributed by atoms with Gasteiger partial charge in [0.2, 0.25) is 11.8 Å². The lowest BCUT2D eigenvalue weighted by Gasteiger charge is -2.21. The van der Waals surface area contributed by atoms with Crippen LogP contribution < -0.4 is 0 Å². The SMILES string of the molecule is CC(C)(C)[C@@H]1COC(c2cccc(C3=N[C@@H](C(C)(C)C)CO3)n2)=N1. The molecular formula is C19H27N3O2. The van der Waals surface area contributed by atoms with E-state index in [0.717, 1.165) is 11.4 Å². The summed E-state index contributed by atoms with van der Waals surface area (Å²) in [4.78, 5) is 14.1. The van der Waals surface area contributed by atoms with Crippen molar-refractivity contribution in [3.05, 3.63) is 29.6 Å². The van der Waals surface area contributed by atoms with E-state index in [1.54, 1.807) is 0 Å². The Morgan fingerprint density at radius 1 is 0.792 bits per heavy atom. The number of rotatable bonds is 2. The van der Waals surface area contributed by atoms with Gasteiger partial charge in [-0.1, -0.05) is 47.6 Å². The fourth-order valence-electron chi connectivity index (χ4n) is 2.59. The number of hydrogen-bond donors (Lipinski definition) is 0. The Morgan fingerprint density at radius 3 is 1.54 bits per heavy atom. The van der Waals surface area contributed by atoms with E-state index in [1.165, 1.54) is 0 Å². The largest absolute Gasteiger partial charge is 0.474 e. The molecule has 5 nitrogen and oxygen atoms in total. The van der Waals surface area contributed by atoms with Gasteiger partial charge < -0.3 is 9.47 Å². The molecule has 0 aromatic carbocycles. The van der Waals surface area contributed by atoms with Gasteiger partial charge in [-0.25, -0.2) is 15.0 Å². The van der Waals surface area contributed by atoms with Crippen LogP contribution in [-0.2, 0) is 9.47 Å². The van der Waals surface area contributed by atoms with Crippen molar-refractivity contribution >= 4 is 11.8 Å². The second-order valence-electron chi connectivity index (χ2n) is 8.66. The summed E-state index contributed by atoms with van der Waals surface area (Å²) in [6, 6.07) is 6.10.